The molecule has 0 aliphatic carbocycles. The zero-order valence-corrected chi connectivity index (χ0v) is 13.3. The SMILES string of the molecule is CCNC(=O)Nc1ccc(/C=C\c2cc(C)cc(C)c2)cc1. The molecule has 0 saturated carbocycles. The Morgan fingerprint density at radius 3 is 2.14 bits per heavy atom. The van der Waals surface area contributed by atoms with Crippen LogP contribution in [0.1, 0.15) is 29.2 Å². The molecule has 22 heavy (non-hydrogen) atoms. The summed E-state index contributed by atoms with van der Waals surface area (Å²) in [5.74, 6) is 0. The summed E-state index contributed by atoms with van der Waals surface area (Å²) < 4.78 is 0. The van der Waals surface area contributed by atoms with Gasteiger partial charge < -0.3 is 10.6 Å². The molecule has 0 spiro atoms. The van der Waals surface area contributed by atoms with Crippen LogP contribution in [-0.2, 0) is 0 Å². The van der Waals surface area contributed by atoms with Gasteiger partial charge in [0, 0.05) is 12.2 Å². The second-order valence-electron chi connectivity index (χ2n) is 5.36. The van der Waals surface area contributed by atoms with Crippen molar-refractivity contribution < 1.29 is 4.79 Å². The Labute approximate surface area is 132 Å². The van der Waals surface area contributed by atoms with Crippen molar-refractivity contribution in [2.45, 2.75) is 20.8 Å². The van der Waals surface area contributed by atoms with E-state index in [4.69, 9.17) is 0 Å². The number of hydrogen-bond acceptors (Lipinski definition) is 1. The maximum atomic E-state index is 11.4. The number of hydrogen-bond donors (Lipinski definition) is 2. The van der Waals surface area contributed by atoms with Crippen molar-refractivity contribution in [1.82, 2.24) is 5.32 Å². The summed E-state index contributed by atoms with van der Waals surface area (Å²) in [6, 6.07) is 14.1. The molecule has 2 rings (SSSR count). The molecule has 2 N–H and O–H groups in total. The standard InChI is InChI=1S/C19H22N2O/c1-4-20-19(22)21-18-9-7-16(8-10-18)5-6-17-12-14(2)11-15(3)13-17/h5-13H,4H2,1-3H3,(H2,20,21,22)/b6-5-. The minimum Gasteiger partial charge on any atom is -0.338 e. The number of nitrogens with one attached hydrogen (secondary N) is 2. The van der Waals surface area contributed by atoms with Crippen LogP contribution >= 0.6 is 0 Å². The molecule has 0 radical (unpaired) electrons. The largest absolute Gasteiger partial charge is 0.338 e. The Morgan fingerprint density at radius 1 is 0.955 bits per heavy atom. The first-order chi connectivity index (χ1) is 10.6. The summed E-state index contributed by atoms with van der Waals surface area (Å²) in [5.41, 5.74) is 5.61. The van der Waals surface area contributed by atoms with Crippen molar-refractivity contribution in [3.05, 3.63) is 64.7 Å². The number of amides is 2. The fourth-order valence-corrected chi connectivity index (χ4v) is 2.31. The summed E-state index contributed by atoms with van der Waals surface area (Å²) in [5, 5.41) is 5.49. The van der Waals surface area contributed by atoms with E-state index in [1.54, 1.807) is 0 Å². The monoisotopic (exact) mass is 294 g/mol. The smallest absolute Gasteiger partial charge is 0.319 e. The number of urea groups is 1. The molecular weight excluding hydrogens is 272 g/mol. The van der Waals surface area contributed by atoms with Crippen molar-refractivity contribution in [2.75, 3.05) is 11.9 Å². The summed E-state index contributed by atoms with van der Waals surface area (Å²) in [6.07, 6.45) is 4.18. The third kappa shape index (κ3) is 4.77. The van der Waals surface area contributed by atoms with Gasteiger partial charge in [-0.2, -0.15) is 0 Å². The molecule has 0 unspecified atom stereocenters. The normalized spacial score (nSPS) is 10.7. The van der Waals surface area contributed by atoms with Gasteiger partial charge in [0.05, 0.1) is 0 Å². The third-order valence-electron chi connectivity index (χ3n) is 3.22. The molecular formula is C19H22N2O. The van der Waals surface area contributed by atoms with Gasteiger partial charge in [0.15, 0.2) is 0 Å². The first-order valence-electron chi connectivity index (χ1n) is 7.48. The van der Waals surface area contributed by atoms with Crippen molar-refractivity contribution in [3.8, 4) is 0 Å². The predicted octanol–water partition coefficient (Wildman–Crippen LogP) is 4.62. The lowest BCUT2D eigenvalue weighted by Crippen LogP contribution is -2.28. The Morgan fingerprint density at radius 2 is 1.55 bits per heavy atom. The third-order valence-corrected chi connectivity index (χ3v) is 3.22. The highest BCUT2D eigenvalue weighted by atomic mass is 16.2. The summed E-state index contributed by atoms with van der Waals surface area (Å²) in [6.45, 7) is 6.71. The van der Waals surface area contributed by atoms with Crippen molar-refractivity contribution in [1.29, 1.82) is 0 Å². The Bertz CT molecular complexity index is 652. The molecule has 0 atom stereocenters. The van der Waals surface area contributed by atoms with Crippen LogP contribution in [0.5, 0.6) is 0 Å². The van der Waals surface area contributed by atoms with Gasteiger partial charge in [0.1, 0.15) is 0 Å². The van der Waals surface area contributed by atoms with Crippen LogP contribution in [0.4, 0.5) is 10.5 Å². The van der Waals surface area contributed by atoms with Crippen LogP contribution < -0.4 is 10.6 Å². The topological polar surface area (TPSA) is 41.1 Å². The average molecular weight is 294 g/mol. The molecule has 114 valence electrons. The molecule has 0 fully saturated rings. The molecule has 0 saturated heterocycles. The molecule has 0 aromatic heterocycles. The van der Waals surface area contributed by atoms with Gasteiger partial charge in [-0.25, -0.2) is 4.79 Å². The molecule has 3 nitrogen and oxygen atoms in total. The van der Waals surface area contributed by atoms with Crippen LogP contribution in [-0.4, -0.2) is 12.6 Å². The van der Waals surface area contributed by atoms with Gasteiger partial charge in [0.2, 0.25) is 0 Å². The van der Waals surface area contributed by atoms with E-state index in [1.807, 2.05) is 31.2 Å². The highest BCUT2D eigenvalue weighted by molar-refractivity contribution is 5.89. The maximum absolute atomic E-state index is 11.4. The van der Waals surface area contributed by atoms with E-state index in [1.165, 1.54) is 16.7 Å². The van der Waals surface area contributed by atoms with E-state index in [2.05, 4.69) is 54.8 Å². The number of carbonyl (C=O) groups is 1. The van der Waals surface area contributed by atoms with Gasteiger partial charge in [-0.1, -0.05) is 53.6 Å². The Balaban J connectivity index is 2.04. The Kier molecular flexibility index (Phi) is 5.37. The molecule has 0 aliphatic heterocycles. The van der Waals surface area contributed by atoms with Gasteiger partial charge in [0.25, 0.3) is 0 Å². The molecule has 2 aromatic carbocycles. The number of aryl methyl sites for hydroxylation is 2. The molecule has 2 aromatic rings. The Hall–Kier alpha value is -2.55. The van der Waals surface area contributed by atoms with Crippen molar-refractivity contribution >= 4 is 23.9 Å². The van der Waals surface area contributed by atoms with E-state index in [0.29, 0.717) is 6.54 Å². The van der Waals surface area contributed by atoms with E-state index in [0.717, 1.165) is 11.3 Å². The van der Waals surface area contributed by atoms with Crippen LogP contribution in [0.2, 0.25) is 0 Å². The number of rotatable bonds is 4. The lowest BCUT2D eigenvalue weighted by atomic mass is 10.1. The maximum Gasteiger partial charge on any atom is 0.319 e. The summed E-state index contributed by atoms with van der Waals surface area (Å²) in [7, 11) is 0. The molecule has 0 bridgehead atoms. The highest BCUT2D eigenvalue weighted by Gasteiger charge is 1.99. The van der Waals surface area contributed by atoms with Crippen LogP contribution in [0.15, 0.2) is 42.5 Å². The summed E-state index contributed by atoms with van der Waals surface area (Å²) >= 11 is 0. The quantitative estimate of drug-likeness (QED) is 0.794. The van der Waals surface area contributed by atoms with Gasteiger partial charge >= 0.3 is 6.03 Å². The molecule has 3 heteroatoms. The number of benzene rings is 2. The lowest BCUT2D eigenvalue weighted by Gasteiger charge is -2.05. The summed E-state index contributed by atoms with van der Waals surface area (Å²) in [4.78, 5) is 11.4. The van der Waals surface area contributed by atoms with Crippen molar-refractivity contribution in [3.63, 3.8) is 0 Å². The fourth-order valence-electron chi connectivity index (χ4n) is 2.31. The van der Waals surface area contributed by atoms with Crippen LogP contribution in [0, 0.1) is 13.8 Å². The second kappa shape index (κ2) is 7.46. The van der Waals surface area contributed by atoms with E-state index in [9.17, 15) is 4.79 Å². The second-order valence-corrected chi connectivity index (χ2v) is 5.36. The van der Waals surface area contributed by atoms with E-state index >= 15 is 0 Å². The number of carbonyl (C=O) groups excluding carboxylic acids is 1. The van der Waals surface area contributed by atoms with Crippen LogP contribution in [0.3, 0.4) is 0 Å². The van der Waals surface area contributed by atoms with Crippen LogP contribution in [0.25, 0.3) is 12.2 Å². The van der Waals surface area contributed by atoms with Gasteiger partial charge in [-0.05, 0) is 44.0 Å². The van der Waals surface area contributed by atoms with Gasteiger partial charge in [-0.15, -0.1) is 0 Å². The minimum absolute atomic E-state index is 0.180. The molecule has 0 aliphatic rings. The van der Waals surface area contributed by atoms with E-state index < -0.39 is 0 Å². The number of anilines is 1. The predicted molar refractivity (Wildman–Crippen MR) is 94.0 cm³/mol. The minimum atomic E-state index is -0.180. The van der Waals surface area contributed by atoms with Crippen molar-refractivity contribution in [2.24, 2.45) is 0 Å². The lowest BCUT2D eigenvalue weighted by molar-refractivity contribution is 0.252. The van der Waals surface area contributed by atoms with E-state index in [-0.39, 0.29) is 6.03 Å². The fraction of sp³-hybridized carbons (Fsp3) is 0.211. The first kappa shape index (κ1) is 15.8. The highest BCUT2D eigenvalue weighted by Crippen LogP contribution is 2.15. The molecule has 0 heterocycles. The average Bonchev–Trinajstić information content (AvgIpc) is 2.46. The first-order valence-corrected chi connectivity index (χ1v) is 7.48. The zero-order chi connectivity index (χ0) is 15.9. The van der Waals surface area contributed by atoms with Gasteiger partial charge in [-0.3, -0.25) is 0 Å². The molecule has 2 amide bonds. The zero-order valence-electron chi connectivity index (χ0n) is 13.3.